The van der Waals surface area contributed by atoms with Gasteiger partial charge in [-0.2, -0.15) is 0 Å². The number of hydrogen-bond acceptors (Lipinski definition) is 1. The summed E-state index contributed by atoms with van der Waals surface area (Å²) in [7, 11) is 0. The highest BCUT2D eigenvalue weighted by Gasteiger charge is 2.17. The number of hydrogen-bond donors (Lipinski definition) is 1. The smallest absolute Gasteiger partial charge is 0.234 e. The monoisotopic (exact) mass is 247 g/mol. The zero-order valence-electron chi connectivity index (χ0n) is 8.73. The molecule has 0 aliphatic carbocycles. The van der Waals surface area contributed by atoms with Crippen molar-refractivity contribution in [3.05, 3.63) is 11.6 Å². The van der Waals surface area contributed by atoms with Gasteiger partial charge in [-0.15, -0.1) is 0 Å². The first-order valence-electron chi connectivity index (χ1n) is 4.50. The third-order valence-corrected chi connectivity index (χ3v) is 3.10. The Morgan fingerprint density at radius 3 is 2.38 bits per heavy atom. The molecule has 1 unspecified atom stereocenters. The molecule has 0 bridgehead atoms. The van der Waals surface area contributed by atoms with E-state index in [1.54, 1.807) is 0 Å². The Kier molecular flexibility index (Phi) is 6.04. The van der Waals surface area contributed by atoms with Gasteiger partial charge in [-0.1, -0.05) is 41.4 Å². The Bertz CT molecular complexity index is 195. The number of allylic oxidation sites excluding steroid dienone is 1. The largest absolute Gasteiger partial charge is 0.352 e. The molecule has 0 aromatic heterocycles. The molecule has 1 amide bonds. The molecule has 0 rings (SSSR count). The number of nitrogens with one attached hydrogen (secondary N) is 1. The molecule has 0 saturated carbocycles. The Balaban J connectivity index is 3.82. The van der Waals surface area contributed by atoms with Crippen molar-refractivity contribution in [2.45, 2.75) is 32.5 Å². The summed E-state index contributed by atoms with van der Waals surface area (Å²) in [4.78, 5) is 11.3. The molecule has 2 nitrogen and oxygen atoms in total. The summed E-state index contributed by atoms with van der Waals surface area (Å²) in [6, 6.07) is 0. The molecule has 13 heavy (non-hydrogen) atoms. The molecule has 0 aliphatic rings. The summed E-state index contributed by atoms with van der Waals surface area (Å²) < 4.78 is 0. The number of carbonyl (C=O) groups excluding carboxylic acids is 1. The number of carbonyl (C=O) groups is 1. The molecular formula is C10H18BrNO. The van der Waals surface area contributed by atoms with Crippen LogP contribution < -0.4 is 5.32 Å². The van der Waals surface area contributed by atoms with Crippen LogP contribution in [0.3, 0.4) is 0 Å². The Morgan fingerprint density at radius 1 is 1.46 bits per heavy atom. The Labute approximate surface area is 88.9 Å². The van der Waals surface area contributed by atoms with Gasteiger partial charge in [0.05, 0.1) is 4.83 Å². The fourth-order valence-electron chi connectivity index (χ4n) is 0.756. The second-order valence-corrected chi connectivity index (χ2v) is 4.66. The van der Waals surface area contributed by atoms with E-state index in [0.29, 0.717) is 12.5 Å². The van der Waals surface area contributed by atoms with Crippen LogP contribution in [0.4, 0.5) is 0 Å². The molecule has 0 aromatic carbocycles. The van der Waals surface area contributed by atoms with Crippen molar-refractivity contribution < 1.29 is 4.79 Å². The SMILES string of the molecule is CC(C)=CCNC(=O)C(Br)C(C)C. The van der Waals surface area contributed by atoms with Crippen LogP contribution in [-0.4, -0.2) is 17.3 Å². The maximum absolute atomic E-state index is 11.4. The average molecular weight is 248 g/mol. The fourth-order valence-corrected chi connectivity index (χ4v) is 0.918. The molecule has 0 aromatic rings. The van der Waals surface area contributed by atoms with Crippen molar-refractivity contribution in [1.82, 2.24) is 5.32 Å². The fraction of sp³-hybridized carbons (Fsp3) is 0.700. The second-order valence-electron chi connectivity index (χ2n) is 3.67. The van der Waals surface area contributed by atoms with E-state index in [-0.39, 0.29) is 10.7 Å². The maximum Gasteiger partial charge on any atom is 0.234 e. The van der Waals surface area contributed by atoms with Crippen LogP contribution in [0, 0.1) is 5.92 Å². The third-order valence-electron chi connectivity index (χ3n) is 1.62. The second kappa shape index (κ2) is 6.19. The lowest BCUT2D eigenvalue weighted by molar-refractivity contribution is -0.120. The molecule has 1 atom stereocenters. The topological polar surface area (TPSA) is 29.1 Å². The maximum atomic E-state index is 11.4. The van der Waals surface area contributed by atoms with Gasteiger partial charge in [-0.25, -0.2) is 0 Å². The molecule has 0 spiro atoms. The van der Waals surface area contributed by atoms with Gasteiger partial charge in [-0.3, -0.25) is 4.79 Å². The van der Waals surface area contributed by atoms with Crippen molar-refractivity contribution in [3.63, 3.8) is 0 Å². The lowest BCUT2D eigenvalue weighted by Crippen LogP contribution is -2.34. The zero-order valence-corrected chi connectivity index (χ0v) is 10.3. The van der Waals surface area contributed by atoms with E-state index in [1.165, 1.54) is 5.57 Å². The number of alkyl halides is 1. The van der Waals surface area contributed by atoms with E-state index in [2.05, 4.69) is 21.2 Å². The molecule has 0 radical (unpaired) electrons. The van der Waals surface area contributed by atoms with Gasteiger partial charge in [0.15, 0.2) is 0 Å². The highest BCUT2D eigenvalue weighted by molar-refractivity contribution is 9.10. The summed E-state index contributed by atoms with van der Waals surface area (Å²) in [5.74, 6) is 0.388. The number of amides is 1. The van der Waals surface area contributed by atoms with Crippen molar-refractivity contribution in [3.8, 4) is 0 Å². The molecule has 0 saturated heterocycles. The zero-order chi connectivity index (χ0) is 10.4. The van der Waals surface area contributed by atoms with Crippen LogP contribution in [0.15, 0.2) is 11.6 Å². The average Bonchev–Trinajstić information content (AvgIpc) is 2.02. The van der Waals surface area contributed by atoms with Gasteiger partial charge < -0.3 is 5.32 Å². The molecule has 0 fully saturated rings. The minimum Gasteiger partial charge on any atom is -0.352 e. The lowest BCUT2D eigenvalue weighted by Gasteiger charge is -2.12. The summed E-state index contributed by atoms with van der Waals surface area (Å²) in [5.41, 5.74) is 1.22. The van der Waals surface area contributed by atoms with Crippen molar-refractivity contribution in [2.75, 3.05) is 6.54 Å². The Hall–Kier alpha value is -0.310. The Morgan fingerprint density at radius 2 is 2.00 bits per heavy atom. The van der Waals surface area contributed by atoms with Crippen molar-refractivity contribution in [1.29, 1.82) is 0 Å². The molecule has 0 heterocycles. The summed E-state index contributed by atoms with van der Waals surface area (Å²) >= 11 is 3.34. The quantitative estimate of drug-likeness (QED) is 0.601. The predicted octanol–water partition coefficient (Wildman–Crippen LogP) is 2.49. The first-order chi connectivity index (χ1) is 5.95. The molecule has 0 aliphatic heterocycles. The highest BCUT2D eigenvalue weighted by atomic mass is 79.9. The van der Waals surface area contributed by atoms with Crippen LogP contribution in [0.1, 0.15) is 27.7 Å². The molecule has 76 valence electrons. The van der Waals surface area contributed by atoms with Crippen LogP contribution >= 0.6 is 15.9 Å². The van der Waals surface area contributed by atoms with Crippen LogP contribution in [0.5, 0.6) is 0 Å². The van der Waals surface area contributed by atoms with E-state index in [0.717, 1.165) is 0 Å². The van der Waals surface area contributed by atoms with E-state index in [1.807, 2.05) is 33.8 Å². The predicted molar refractivity (Wildman–Crippen MR) is 60.0 cm³/mol. The molecule has 1 N–H and O–H groups in total. The van der Waals surface area contributed by atoms with Crippen LogP contribution in [0.2, 0.25) is 0 Å². The van der Waals surface area contributed by atoms with Crippen LogP contribution in [-0.2, 0) is 4.79 Å². The van der Waals surface area contributed by atoms with Gasteiger partial charge in [0.1, 0.15) is 0 Å². The van der Waals surface area contributed by atoms with Crippen molar-refractivity contribution >= 4 is 21.8 Å². The number of halogens is 1. The summed E-state index contributed by atoms with van der Waals surface area (Å²) in [6.07, 6.45) is 2.00. The normalized spacial score (nSPS) is 12.5. The van der Waals surface area contributed by atoms with Gasteiger partial charge >= 0.3 is 0 Å². The minimum atomic E-state index is -0.0851. The number of rotatable bonds is 4. The summed E-state index contributed by atoms with van der Waals surface area (Å²) in [6.45, 7) is 8.68. The highest BCUT2D eigenvalue weighted by Crippen LogP contribution is 2.11. The van der Waals surface area contributed by atoms with Crippen LogP contribution in [0.25, 0.3) is 0 Å². The van der Waals surface area contributed by atoms with Gasteiger partial charge in [0.2, 0.25) is 5.91 Å². The van der Waals surface area contributed by atoms with Gasteiger partial charge in [0, 0.05) is 6.54 Å². The molecular weight excluding hydrogens is 230 g/mol. The van der Waals surface area contributed by atoms with E-state index >= 15 is 0 Å². The van der Waals surface area contributed by atoms with Crippen molar-refractivity contribution in [2.24, 2.45) is 5.92 Å². The van der Waals surface area contributed by atoms with Gasteiger partial charge in [0.25, 0.3) is 0 Å². The first-order valence-corrected chi connectivity index (χ1v) is 5.42. The lowest BCUT2D eigenvalue weighted by atomic mass is 10.1. The first kappa shape index (κ1) is 12.7. The third kappa shape index (κ3) is 5.86. The van der Waals surface area contributed by atoms with E-state index in [4.69, 9.17) is 0 Å². The van der Waals surface area contributed by atoms with Gasteiger partial charge in [-0.05, 0) is 19.8 Å². The standard InChI is InChI=1S/C10H18BrNO/c1-7(2)5-6-12-10(13)9(11)8(3)4/h5,8-9H,6H2,1-4H3,(H,12,13). The minimum absolute atomic E-state index is 0.0625. The summed E-state index contributed by atoms with van der Waals surface area (Å²) in [5, 5.41) is 2.83. The molecule has 3 heteroatoms. The van der Waals surface area contributed by atoms with E-state index < -0.39 is 0 Å². The van der Waals surface area contributed by atoms with E-state index in [9.17, 15) is 4.79 Å².